The van der Waals surface area contributed by atoms with E-state index in [0.717, 1.165) is 0 Å². The Kier molecular flexibility index (Phi) is 7.86. The van der Waals surface area contributed by atoms with Crippen LogP contribution in [-0.2, 0) is 28.6 Å². The summed E-state index contributed by atoms with van der Waals surface area (Å²) in [6, 6.07) is 4.95. The molecule has 1 saturated carbocycles. The highest BCUT2D eigenvalue weighted by Gasteiger charge is 2.58. The summed E-state index contributed by atoms with van der Waals surface area (Å²) in [7, 11) is 0. The van der Waals surface area contributed by atoms with Crippen LogP contribution in [0.4, 0.5) is 0 Å². The fraction of sp³-hybridized carbons (Fsp3) is 0.519. The van der Waals surface area contributed by atoms with Crippen molar-refractivity contribution in [3.63, 3.8) is 0 Å². The van der Waals surface area contributed by atoms with Crippen molar-refractivity contribution in [2.45, 2.75) is 58.3 Å². The lowest BCUT2D eigenvalue weighted by Gasteiger charge is -2.53. The smallest absolute Gasteiger partial charge is 0.345 e. The van der Waals surface area contributed by atoms with Crippen molar-refractivity contribution in [1.29, 1.82) is 0 Å². The maximum absolute atomic E-state index is 13.0. The number of aromatic nitrogens is 1. The molecule has 1 fully saturated rings. The third-order valence-electron chi connectivity index (χ3n) is 7.33. The zero-order chi connectivity index (χ0) is 27.6. The second-order valence-electron chi connectivity index (χ2n) is 9.95. The highest BCUT2D eigenvalue weighted by molar-refractivity contribution is 5.67. The molecule has 0 spiro atoms. The molecule has 11 nitrogen and oxygen atoms in total. The van der Waals surface area contributed by atoms with Gasteiger partial charge in [-0.15, -0.1) is 0 Å². The average molecular weight is 530 g/mol. The molecule has 4 rings (SSSR count). The maximum atomic E-state index is 13.0. The van der Waals surface area contributed by atoms with Crippen LogP contribution in [-0.4, -0.2) is 52.9 Å². The highest BCUT2D eigenvalue weighted by Crippen LogP contribution is 2.53. The molecule has 1 N–H and O–H groups in total. The molecule has 38 heavy (non-hydrogen) atoms. The first kappa shape index (κ1) is 27.3. The van der Waals surface area contributed by atoms with E-state index in [0.29, 0.717) is 18.4 Å². The van der Waals surface area contributed by atoms with Crippen molar-refractivity contribution < 1.29 is 42.9 Å². The molecule has 0 unspecified atom stereocenters. The van der Waals surface area contributed by atoms with E-state index in [1.807, 2.05) is 0 Å². The molecule has 1 aliphatic heterocycles. The zero-order valence-electron chi connectivity index (χ0n) is 21.7. The van der Waals surface area contributed by atoms with Crippen molar-refractivity contribution in [2.75, 3.05) is 13.2 Å². The summed E-state index contributed by atoms with van der Waals surface area (Å²) in [5.74, 6) is -2.61. The van der Waals surface area contributed by atoms with Gasteiger partial charge in [0.2, 0.25) is 0 Å². The zero-order valence-corrected chi connectivity index (χ0v) is 21.7. The van der Waals surface area contributed by atoms with Gasteiger partial charge in [-0.05, 0) is 37.8 Å². The third-order valence-corrected chi connectivity index (χ3v) is 7.33. The first-order valence-corrected chi connectivity index (χ1v) is 12.4. The van der Waals surface area contributed by atoms with E-state index in [1.165, 1.54) is 33.0 Å². The Bertz CT molecular complexity index is 1240. The Morgan fingerprint density at radius 2 is 1.82 bits per heavy atom. The van der Waals surface area contributed by atoms with Crippen LogP contribution in [0.15, 0.2) is 39.8 Å². The van der Waals surface area contributed by atoms with E-state index in [4.69, 9.17) is 23.4 Å². The van der Waals surface area contributed by atoms with Gasteiger partial charge < -0.3 is 28.5 Å². The number of hydrogen-bond donors (Lipinski definition) is 1. The number of rotatable bonds is 7. The van der Waals surface area contributed by atoms with Crippen LogP contribution in [0.5, 0.6) is 5.75 Å². The summed E-state index contributed by atoms with van der Waals surface area (Å²) in [4.78, 5) is 52.2. The minimum atomic E-state index is -1.30. The van der Waals surface area contributed by atoms with Gasteiger partial charge in [0.25, 0.3) is 0 Å². The number of aliphatic hydroxyl groups excluding tert-OH is 1. The van der Waals surface area contributed by atoms with Crippen molar-refractivity contribution in [1.82, 2.24) is 4.98 Å². The number of nitrogens with zero attached hydrogens (tertiary/aromatic N) is 1. The van der Waals surface area contributed by atoms with Crippen molar-refractivity contribution in [3.8, 4) is 17.1 Å². The van der Waals surface area contributed by atoms with E-state index in [9.17, 15) is 24.3 Å². The van der Waals surface area contributed by atoms with Crippen LogP contribution in [0.3, 0.4) is 0 Å². The number of esters is 3. The lowest BCUT2D eigenvalue weighted by molar-refractivity contribution is -0.197. The monoisotopic (exact) mass is 529 g/mol. The van der Waals surface area contributed by atoms with E-state index in [-0.39, 0.29) is 36.2 Å². The number of aliphatic hydroxyl groups is 1. The predicted molar refractivity (Wildman–Crippen MR) is 131 cm³/mol. The standard InChI is InChI=1S/C27H31NO10/c1-14(29)34-12-19(13-35-15(2)30)18-8-20-25(32)24-22(38-27(20,4)23(9-18)36-16(3)31)10-21(37-26(24)33)17-6-5-7-28-11-17/h5-7,10-11,18-20,23,25,32H,8-9,12-13H2,1-4H3/t18-,20-,23-,25-,27-/m0/s1. The molecular weight excluding hydrogens is 498 g/mol. The lowest BCUT2D eigenvalue weighted by atomic mass is 9.63. The first-order valence-electron chi connectivity index (χ1n) is 12.4. The van der Waals surface area contributed by atoms with Crippen LogP contribution < -0.4 is 10.4 Å². The summed E-state index contributed by atoms with van der Waals surface area (Å²) in [6.45, 7) is 5.49. The SMILES string of the molecule is CC(=O)OCC(COC(C)=O)[C@@H]1C[C@H](OC(C)=O)[C@@]2(C)Oc3cc(-c4cccnc4)oc(=O)c3[C@@H](O)[C@@H]2C1. The minimum absolute atomic E-state index is 0.0288. The molecule has 5 atom stereocenters. The third kappa shape index (κ3) is 5.57. The van der Waals surface area contributed by atoms with Crippen LogP contribution in [0.1, 0.15) is 52.2 Å². The topological polar surface area (TPSA) is 151 Å². The molecule has 3 heterocycles. The highest BCUT2D eigenvalue weighted by atomic mass is 16.6. The molecule has 11 heteroatoms. The van der Waals surface area contributed by atoms with Crippen molar-refractivity contribution in [3.05, 3.63) is 46.6 Å². The number of fused-ring (bicyclic) bond motifs is 2. The van der Waals surface area contributed by atoms with E-state index in [1.54, 1.807) is 25.3 Å². The first-order chi connectivity index (χ1) is 18.0. The van der Waals surface area contributed by atoms with Crippen LogP contribution in [0, 0.1) is 17.8 Å². The summed E-state index contributed by atoms with van der Waals surface area (Å²) in [5, 5.41) is 11.5. The van der Waals surface area contributed by atoms with Gasteiger partial charge in [0.1, 0.15) is 28.8 Å². The average Bonchev–Trinajstić information content (AvgIpc) is 2.84. The van der Waals surface area contributed by atoms with Gasteiger partial charge in [-0.2, -0.15) is 0 Å². The largest absolute Gasteiger partial charge is 0.482 e. The molecule has 0 saturated heterocycles. The normalized spacial score (nSPS) is 25.9. The number of ether oxygens (including phenoxy) is 4. The number of carbonyl (C=O) groups excluding carboxylic acids is 3. The Hall–Kier alpha value is -3.73. The molecule has 0 amide bonds. The maximum Gasteiger partial charge on any atom is 0.345 e. The molecule has 0 bridgehead atoms. The van der Waals surface area contributed by atoms with Gasteiger partial charge in [0, 0.05) is 56.6 Å². The van der Waals surface area contributed by atoms with Gasteiger partial charge in [0.15, 0.2) is 0 Å². The predicted octanol–water partition coefficient (Wildman–Crippen LogP) is 2.59. The number of hydrogen-bond acceptors (Lipinski definition) is 11. The quantitative estimate of drug-likeness (QED) is 0.416. The molecule has 1 aliphatic carbocycles. The van der Waals surface area contributed by atoms with Crippen molar-refractivity contribution in [2.24, 2.45) is 17.8 Å². The van der Waals surface area contributed by atoms with E-state index >= 15 is 0 Å². The second-order valence-corrected chi connectivity index (χ2v) is 9.95. The van der Waals surface area contributed by atoms with Gasteiger partial charge in [-0.25, -0.2) is 4.79 Å². The summed E-state index contributed by atoms with van der Waals surface area (Å²) in [6.07, 6.45) is 1.60. The molecule has 2 aromatic heterocycles. The summed E-state index contributed by atoms with van der Waals surface area (Å²) < 4.78 is 28.0. The Balaban J connectivity index is 1.73. The molecule has 2 aliphatic rings. The molecule has 2 aromatic rings. The summed E-state index contributed by atoms with van der Waals surface area (Å²) in [5.41, 5.74) is -1.42. The Morgan fingerprint density at radius 3 is 2.39 bits per heavy atom. The molecule has 0 aromatic carbocycles. The van der Waals surface area contributed by atoms with Crippen molar-refractivity contribution >= 4 is 17.9 Å². The van der Waals surface area contributed by atoms with E-state index in [2.05, 4.69) is 4.98 Å². The molecule has 0 radical (unpaired) electrons. The molecular formula is C27H31NO10. The fourth-order valence-corrected chi connectivity index (χ4v) is 5.43. The van der Waals surface area contributed by atoms with Gasteiger partial charge >= 0.3 is 23.5 Å². The number of pyridine rings is 1. The lowest BCUT2D eigenvalue weighted by Crippen LogP contribution is -2.61. The number of carbonyl (C=O) groups is 3. The van der Waals surface area contributed by atoms with E-state index < -0.39 is 53.2 Å². The molecule has 204 valence electrons. The van der Waals surface area contributed by atoms with Gasteiger partial charge in [-0.3, -0.25) is 19.4 Å². The Labute approximate surface area is 219 Å². The second kappa shape index (κ2) is 10.9. The summed E-state index contributed by atoms with van der Waals surface area (Å²) >= 11 is 0. The fourth-order valence-electron chi connectivity index (χ4n) is 5.43. The van der Waals surface area contributed by atoms with Crippen LogP contribution in [0.2, 0.25) is 0 Å². The van der Waals surface area contributed by atoms with Crippen LogP contribution in [0.25, 0.3) is 11.3 Å². The van der Waals surface area contributed by atoms with Gasteiger partial charge in [-0.1, -0.05) is 0 Å². The van der Waals surface area contributed by atoms with Gasteiger partial charge in [0.05, 0.1) is 19.3 Å². The Morgan fingerprint density at radius 1 is 1.13 bits per heavy atom. The van der Waals surface area contributed by atoms with Crippen LogP contribution >= 0.6 is 0 Å². The minimum Gasteiger partial charge on any atom is -0.482 e.